The Balaban J connectivity index is 2.29. The van der Waals surface area contributed by atoms with Gasteiger partial charge in [-0.3, -0.25) is 9.10 Å². The topological polar surface area (TPSA) is 75.7 Å². The standard InChI is InChI=1S/C14H19ClN2O4S/c1-9(2)7-16-14(18)13-8-17(22(3,19)20)11-6-10(15)4-5-12(11)21-13/h4-6,9,13H,7-8H2,1-3H3,(H,16,18)/t13-/m1/s1. The Hall–Kier alpha value is -1.47. The lowest BCUT2D eigenvalue weighted by Gasteiger charge is -2.34. The van der Waals surface area contributed by atoms with Crippen molar-refractivity contribution in [1.82, 2.24) is 5.32 Å². The summed E-state index contributed by atoms with van der Waals surface area (Å²) in [4.78, 5) is 12.2. The van der Waals surface area contributed by atoms with Gasteiger partial charge in [0.15, 0.2) is 6.10 Å². The van der Waals surface area contributed by atoms with E-state index < -0.39 is 16.1 Å². The second kappa shape index (κ2) is 6.34. The van der Waals surface area contributed by atoms with Gasteiger partial charge in [0.05, 0.1) is 18.5 Å². The number of ether oxygens (including phenoxy) is 1. The first kappa shape index (κ1) is 16.9. The minimum Gasteiger partial charge on any atom is -0.476 e. The van der Waals surface area contributed by atoms with Crippen molar-refractivity contribution < 1.29 is 17.9 Å². The predicted molar refractivity (Wildman–Crippen MR) is 85.9 cm³/mol. The van der Waals surface area contributed by atoms with Gasteiger partial charge >= 0.3 is 0 Å². The number of amides is 1. The number of carbonyl (C=O) groups is 1. The van der Waals surface area contributed by atoms with Gasteiger partial charge in [-0.15, -0.1) is 0 Å². The van der Waals surface area contributed by atoms with Crippen LogP contribution in [0.2, 0.25) is 5.02 Å². The third-order valence-corrected chi connectivity index (χ3v) is 4.55. The SMILES string of the molecule is CC(C)CNC(=O)[C@H]1CN(S(C)(=O)=O)c2cc(Cl)ccc2O1. The Bertz CT molecular complexity index is 675. The summed E-state index contributed by atoms with van der Waals surface area (Å²) in [5, 5.41) is 3.16. The fraction of sp³-hybridized carbons (Fsp3) is 0.500. The maximum absolute atomic E-state index is 12.2. The molecule has 0 aromatic heterocycles. The van der Waals surface area contributed by atoms with Crippen LogP contribution in [0.1, 0.15) is 13.8 Å². The summed E-state index contributed by atoms with van der Waals surface area (Å²) in [5.74, 6) is 0.290. The van der Waals surface area contributed by atoms with Crippen LogP contribution in [-0.4, -0.2) is 39.8 Å². The summed E-state index contributed by atoms with van der Waals surface area (Å²) in [5.41, 5.74) is 0.350. The lowest BCUT2D eigenvalue weighted by Crippen LogP contribution is -2.50. The van der Waals surface area contributed by atoms with E-state index in [0.29, 0.717) is 28.9 Å². The molecule has 1 atom stereocenters. The number of rotatable bonds is 4. The van der Waals surface area contributed by atoms with Crippen molar-refractivity contribution in [3.63, 3.8) is 0 Å². The number of hydrogen-bond acceptors (Lipinski definition) is 4. The minimum atomic E-state index is -3.54. The van der Waals surface area contributed by atoms with E-state index in [-0.39, 0.29) is 12.5 Å². The first-order chi connectivity index (χ1) is 10.2. The molecule has 8 heteroatoms. The quantitative estimate of drug-likeness (QED) is 0.899. The van der Waals surface area contributed by atoms with Gasteiger partial charge in [-0.1, -0.05) is 25.4 Å². The third-order valence-electron chi connectivity index (χ3n) is 3.17. The highest BCUT2D eigenvalue weighted by Gasteiger charge is 2.35. The molecule has 22 heavy (non-hydrogen) atoms. The molecule has 0 unspecified atom stereocenters. The van der Waals surface area contributed by atoms with Gasteiger partial charge in [-0.05, 0) is 24.1 Å². The fourth-order valence-electron chi connectivity index (χ4n) is 2.09. The average molecular weight is 347 g/mol. The van der Waals surface area contributed by atoms with Crippen LogP contribution >= 0.6 is 11.6 Å². The van der Waals surface area contributed by atoms with E-state index in [1.54, 1.807) is 12.1 Å². The molecule has 1 aliphatic heterocycles. The first-order valence-corrected chi connectivity index (χ1v) is 9.12. The number of benzene rings is 1. The van der Waals surface area contributed by atoms with Gasteiger partial charge in [0, 0.05) is 11.6 Å². The molecular formula is C14H19ClN2O4S. The molecule has 1 aliphatic rings. The summed E-state index contributed by atoms with van der Waals surface area (Å²) in [6, 6.07) is 4.67. The molecule has 0 saturated carbocycles. The Morgan fingerprint density at radius 1 is 1.50 bits per heavy atom. The number of fused-ring (bicyclic) bond motifs is 1. The van der Waals surface area contributed by atoms with Gasteiger partial charge in [-0.2, -0.15) is 0 Å². The maximum atomic E-state index is 12.2. The molecule has 1 amide bonds. The number of anilines is 1. The summed E-state index contributed by atoms with van der Waals surface area (Å²) in [6.45, 7) is 4.38. The van der Waals surface area contributed by atoms with E-state index in [0.717, 1.165) is 10.6 Å². The largest absolute Gasteiger partial charge is 0.476 e. The second-order valence-electron chi connectivity index (χ2n) is 5.65. The van der Waals surface area contributed by atoms with E-state index in [1.165, 1.54) is 6.07 Å². The van der Waals surface area contributed by atoms with Gasteiger partial charge in [0.25, 0.3) is 5.91 Å². The highest BCUT2D eigenvalue weighted by molar-refractivity contribution is 7.92. The van der Waals surface area contributed by atoms with Crippen molar-refractivity contribution in [2.24, 2.45) is 5.92 Å². The Morgan fingerprint density at radius 3 is 2.77 bits per heavy atom. The normalized spacial score (nSPS) is 17.9. The van der Waals surface area contributed by atoms with E-state index >= 15 is 0 Å². The van der Waals surface area contributed by atoms with Crippen LogP contribution in [0.4, 0.5) is 5.69 Å². The second-order valence-corrected chi connectivity index (χ2v) is 7.99. The van der Waals surface area contributed by atoms with Crippen LogP contribution in [0.3, 0.4) is 0 Å². The van der Waals surface area contributed by atoms with Gasteiger partial charge < -0.3 is 10.1 Å². The van der Waals surface area contributed by atoms with Crippen LogP contribution in [-0.2, 0) is 14.8 Å². The Morgan fingerprint density at radius 2 is 2.18 bits per heavy atom. The molecule has 1 heterocycles. The molecule has 0 fully saturated rings. The summed E-state index contributed by atoms with van der Waals surface area (Å²) < 4.78 is 30.8. The first-order valence-electron chi connectivity index (χ1n) is 6.90. The third kappa shape index (κ3) is 3.84. The van der Waals surface area contributed by atoms with Gasteiger partial charge in [-0.25, -0.2) is 8.42 Å². The van der Waals surface area contributed by atoms with E-state index in [9.17, 15) is 13.2 Å². The number of sulfonamides is 1. The van der Waals surface area contributed by atoms with Crippen LogP contribution < -0.4 is 14.4 Å². The Labute approximate surface area is 135 Å². The van der Waals surface area contributed by atoms with Crippen LogP contribution in [0.5, 0.6) is 5.75 Å². The van der Waals surface area contributed by atoms with Crippen LogP contribution in [0.25, 0.3) is 0 Å². The smallest absolute Gasteiger partial charge is 0.263 e. The summed E-state index contributed by atoms with van der Waals surface area (Å²) in [7, 11) is -3.54. The van der Waals surface area contributed by atoms with Crippen LogP contribution in [0, 0.1) is 5.92 Å². The monoisotopic (exact) mass is 346 g/mol. The van der Waals surface area contributed by atoms with E-state index in [2.05, 4.69) is 5.32 Å². The summed E-state index contributed by atoms with van der Waals surface area (Å²) in [6.07, 6.45) is 0.202. The number of carbonyl (C=O) groups excluding carboxylic acids is 1. The summed E-state index contributed by atoms with van der Waals surface area (Å²) >= 11 is 5.92. The molecular weight excluding hydrogens is 328 g/mol. The number of nitrogens with one attached hydrogen (secondary N) is 1. The fourth-order valence-corrected chi connectivity index (χ4v) is 3.17. The number of hydrogen-bond donors (Lipinski definition) is 1. The maximum Gasteiger partial charge on any atom is 0.263 e. The molecule has 6 nitrogen and oxygen atoms in total. The van der Waals surface area contributed by atoms with Gasteiger partial charge in [0.1, 0.15) is 5.75 Å². The van der Waals surface area contributed by atoms with E-state index in [4.69, 9.17) is 16.3 Å². The molecule has 0 aliphatic carbocycles. The van der Waals surface area contributed by atoms with Crippen molar-refractivity contribution in [3.05, 3.63) is 23.2 Å². The lowest BCUT2D eigenvalue weighted by atomic mass is 10.2. The number of nitrogens with zero attached hydrogens (tertiary/aromatic N) is 1. The predicted octanol–water partition coefficient (Wildman–Crippen LogP) is 1.64. The van der Waals surface area contributed by atoms with Crippen molar-refractivity contribution in [2.75, 3.05) is 23.7 Å². The van der Waals surface area contributed by atoms with Gasteiger partial charge in [0.2, 0.25) is 10.0 Å². The number of halogens is 1. The lowest BCUT2D eigenvalue weighted by molar-refractivity contribution is -0.127. The zero-order chi connectivity index (χ0) is 16.5. The minimum absolute atomic E-state index is 0.0733. The molecule has 1 aromatic rings. The Kier molecular flexibility index (Phi) is 4.87. The molecule has 1 aromatic carbocycles. The van der Waals surface area contributed by atoms with Crippen molar-refractivity contribution >= 4 is 33.2 Å². The zero-order valence-corrected chi connectivity index (χ0v) is 14.2. The molecule has 0 bridgehead atoms. The molecule has 1 N–H and O–H groups in total. The van der Waals surface area contributed by atoms with Crippen molar-refractivity contribution in [3.8, 4) is 5.75 Å². The molecule has 2 rings (SSSR count). The molecule has 0 spiro atoms. The average Bonchev–Trinajstić information content (AvgIpc) is 2.42. The highest BCUT2D eigenvalue weighted by atomic mass is 35.5. The molecule has 0 radical (unpaired) electrons. The zero-order valence-electron chi connectivity index (χ0n) is 12.7. The molecule has 122 valence electrons. The highest BCUT2D eigenvalue weighted by Crippen LogP contribution is 2.37. The van der Waals surface area contributed by atoms with E-state index in [1.807, 2.05) is 13.8 Å². The molecule has 0 saturated heterocycles. The van der Waals surface area contributed by atoms with Crippen molar-refractivity contribution in [2.45, 2.75) is 20.0 Å². The van der Waals surface area contributed by atoms with Crippen LogP contribution in [0.15, 0.2) is 18.2 Å². The van der Waals surface area contributed by atoms with Crippen molar-refractivity contribution in [1.29, 1.82) is 0 Å².